The summed E-state index contributed by atoms with van der Waals surface area (Å²) in [6.45, 7) is 0.587. The maximum Gasteiger partial charge on any atom is 0.278 e. The zero-order valence-corrected chi connectivity index (χ0v) is 23.3. The Morgan fingerprint density at radius 1 is 0.974 bits per heavy atom. The summed E-state index contributed by atoms with van der Waals surface area (Å²) in [7, 11) is -2.42. The molecule has 2 amide bonds. The molecule has 1 aliphatic rings. The molecular formula is C26H23BrFN3O5S2. The van der Waals surface area contributed by atoms with Gasteiger partial charge in [0, 0.05) is 41.0 Å². The molecule has 0 radical (unpaired) electrons. The second kappa shape index (κ2) is 12.1. The van der Waals surface area contributed by atoms with E-state index in [-0.39, 0.29) is 27.7 Å². The number of thioether (sulfide) groups is 1. The van der Waals surface area contributed by atoms with Gasteiger partial charge in [-0.3, -0.25) is 19.2 Å². The van der Waals surface area contributed by atoms with E-state index in [0.29, 0.717) is 23.6 Å². The number of rotatable bonds is 11. The van der Waals surface area contributed by atoms with Gasteiger partial charge in [-0.1, -0.05) is 33.8 Å². The van der Waals surface area contributed by atoms with E-state index in [1.165, 1.54) is 17.0 Å². The van der Waals surface area contributed by atoms with Crippen LogP contribution in [0.15, 0.2) is 97.7 Å². The van der Waals surface area contributed by atoms with Gasteiger partial charge in [0.25, 0.3) is 21.8 Å². The maximum absolute atomic E-state index is 13.3. The van der Waals surface area contributed by atoms with Crippen LogP contribution in [-0.4, -0.2) is 45.4 Å². The lowest BCUT2D eigenvalue weighted by molar-refractivity contribution is -0.137. The van der Waals surface area contributed by atoms with Gasteiger partial charge in [0.05, 0.1) is 4.90 Å². The van der Waals surface area contributed by atoms with Crippen molar-refractivity contribution >= 4 is 60.9 Å². The highest BCUT2D eigenvalue weighted by atomic mass is 79.9. The number of imide groups is 1. The second-order valence-corrected chi connectivity index (χ2v) is 11.8. The Hall–Kier alpha value is -3.19. The molecule has 0 aliphatic carbocycles. The molecule has 3 aromatic carbocycles. The minimum Gasteiger partial charge on any atom is -0.385 e. The summed E-state index contributed by atoms with van der Waals surface area (Å²) in [6.07, 6.45) is 0.484. The third-order valence-corrected chi connectivity index (χ3v) is 8.40. The van der Waals surface area contributed by atoms with Crippen molar-refractivity contribution in [2.75, 3.05) is 30.3 Å². The number of benzene rings is 3. The summed E-state index contributed by atoms with van der Waals surface area (Å²) >= 11 is 4.43. The van der Waals surface area contributed by atoms with E-state index in [1.807, 2.05) is 12.1 Å². The number of carbonyl (C=O) groups is 2. The van der Waals surface area contributed by atoms with Crippen LogP contribution in [0, 0.1) is 5.82 Å². The van der Waals surface area contributed by atoms with Crippen LogP contribution < -0.4 is 10.0 Å². The van der Waals surface area contributed by atoms with E-state index < -0.39 is 27.7 Å². The Bertz CT molecular complexity index is 1480. The molecule has 1 heterocycles. The van der Waals surface area contributed by atoms with Crippen molar-refractivity contribution < 1.29 is 27.1 Å². The first-order valence-corrected chi connectivity index (χ1v) is 14.5. The van der Waals surface area contributed by atoms with E-state index in [4.69, 9.17) is 4.74 Å². The Labute approximate surface area is 232 Å². The molecular weight excluding hydrogens is 597 g/mol. The van der Waals surface area contributed by atoms with Crippen molar-refractivity contribution in [3.63, 3.8) is 0 Å². The Morgan fingerprint density at radius 2 is 1.68 bits per heavy atom. The van der Waals surface area contributed by atoms with Crippen LogP contribution in [0.1, 0.15) is 6.42 Å². The average molecular weight is 621 g/mol. The number of sulfonamides is 1. The number of nitrogens with zero attached hydrogens (tertiary/aromatic N) is 1. The van der Waals surface area contributed by atoms with Gasteiger partial charge in [-0.05, 0) is 73.2 Å². The maximum atomic E-state index is 13.3. The van der Waals surface area contributed by atoms with Crippen LogP contribution in [0.25, 0.3) is 0 Å². The fourth-order valence-corrected chi connectivity index (χ4v) is 5.90. The van der Waals surface area contributed by atoms with Gasteiger partial charge in [-0.15, -0.1) is 0 Å². The molecule has 0 fully saturated rings. The van der Waals surface area contributed by atoms with Gasteiger partial charge in [-0.2, -0.15) is 0 Å². The Balaban J connectivity index is 1.61. The lowest BCUT2D eigenvalue weighted by Gasteiger charge is -2.14. The van der Waals surface area contributed by atoms with E-state index in [9.17, 15) is 22.4 Å². The minimum absolute atomic E-state index is 0.0936. The molecule has 0 spiro atoms. The molecule has 0 saturated carbocycles. The van der Waals surface area contributed by atoms with Crippen LogP contribution in [0.4, 0.5) is 15.8 Å². The number of methoxy groups -OCH3 is 1. The zero-order valence-electron chi connectivity index (χ0n) is 20.1. The van der Waals surface area contributed by atoms with Crippen molar-refractivity contribution in [1.29, 1.82) is 0 Å². The molecule has 1 aliphatic heterocycles. The van der Waals surface area contributed by atoms with E-state index in [1.54, 1.807) is 43.5 Å². The van der Waals surface area contributed by atoms with Gasteiger partial charge in [0.1, 0.15) is 16.4 Å². The van der Waals surface area contributed by atoms with Gasteiger partial charge < -0.3 is 10.1 Å². The number of anilines is 2. The number of carbonyl (C=O) groups excluding carboxylic acids is 2. The molecule has 0 unspecified atom stereocenters. The predicted molar refractivity (Wildman–Crippen MR) is 148 cm³/mol. The normalized spacial score (nSPS) is 13.8. The number of halogens is 2. The molecule has 38 heavy (non-hydrogen) atoms. The molecule has 0 saturated heterocycles. The third kappa shape index (κ3) is 6.62. The van der Waals surface area contributed by atoms with Crippen LogP contribution >= 0.6 is 27.7 Å². The van der Waals surface area contributed by atoms with Crippen LogP contribution in [0.2, 0.25) is 0 Å². The summed E-state index contributed by atoms with van der Waals surface area (Å²) in [6, 6.07) is 18.1. The summed E-state index contributed by atoms with van der Waals surface area (Å²) in [5, 5.41) is 3.07. The molecule has 8 nitrogen and oxygen atoms in total. The number of hydrogen-bond acceptors (Lipinski definition) is 7. The van der Waals surface area contributed by atoms with Crippen LogP contribution in [0.3, 0.4) is 0 Å². The molecule has 12 heteroatoms. The first-order valence-electron chi connectivity index (χ1n) is 11.4. The molecule has 2 N–H and O–H groups in total. The molecule has 198 valence electrons. The second-order valence-electron chi connectivity index (χ2n) is 8.13. The van der Waals surface area contributed by atoms with E-state index in [2.05, 4.69) is 26.0 Å². The van der Waals surface area contributed by atoms with Gasteiger partial charge >= 0.3 is 0 Å². The van der Waals surface area contributed by atoms with Gasteiger partial charge in [0.2, 0.25) is 0 Å². The van der Waals surface area contributed by atoms with Gasteiger partial charge in [-0.25, -0.2) is 12.8 Å². The minimum atomic E-state index is -3.97. The largest absolute Gasteiger partial charge is 0.385 e. The van der Waals surface area contributed by atoms with E-state index >= 15 is 0 Å². The first kappa shape index (κ1) is 27.8. The highest BCUT2D eigenvalue weighted by Crippen LogP contribution is 2.37. The summed E-state index contributed by atoms with van der Waals surface area (Å²) < 4.78 is 47.1. The van der Waals surface area contributed by atoms with Crippen molar-refractivity contribution in [3.8, 4) is 0 Å². The Morgan fingerprint density at radius 3 is 2.37 bits per heavy atom. The van der Waals surface area contributed by atoms with E-state index in [0.717, 1.165) is 28.4 Å². The molecule has 4 rings (SSSR count). The van der Waals surface area contributed by atoms with Crippen molar-refractivity contribution in [1.82, 2.24) is 4.90 Å². The number of ether oxygens (including phenoxy) is 1. The lowest BCUT2D eigenvalue weighted by Crippen LogP contribution is -2.33. The highest BCUT2D eigenvalue weighted by molar-refractivity contribution is 9.10. The van der Waals surface area contributed by atoms with Crippen molar-refractivity contribution in [2.45, 2.75) is 16.2 Å². The van der Waals surface area contributed by atoms with Crippen LogP contribution in [0.5, 0.6) is 0 Å². The summed E-state index contributed by atoms with van der Waals surface area (Å²) in [5.41, 5.74) is 1.01. The standard InChI is InChI=1S/C26H23BrFN3O5S2/c1-36-15-3-14-31-25(32)23(29-19-10-6-17(27)7-11-19)24(26(31)33)37-21-5-2-4-20(16-21)30-38(34,35)22-12-8-18(28)9-13-22/h2,4-13,16,29-30H,3,14-15H2,1H3. The molecule has 0 bridgehead atoms. The first-order chi connectivity index (χ1) is 18.2. The van der Waals surface area contributed by atoms with Crippen LogP contribution in [-0.2, 0) is 24.3 Å². The number of nitrogens with one attached hydrogen (secondary N) is 2. The predicted octanol–water partition coefficient (Wildman–Crippen LogP) is 5.21. The Kier molecular flexibility index (Phi) is 8.87. The molecule has 0 atom stereocenters. The third-order valence-electron chi connectivity index (χ3n) is 5.40. The SMILES string of the molecule is COCCCN1C(=O)C(Nc2ccc(Br)cc2)=C(Sc2cccc(NS(=O)(=O)c3ccc(F)cc3)c2)C1=O. The number of amides is 2. The topological polar surface area (TPSA) is 105 Å². The van der Waals surface area contributed by atoms with Gasteiger partial charge in [0.15, 0.2) is 0 Å². The molecule has 0 aromatic heterocycles. The fourth-order valence-electron chi connectivity index (χ4n) is 3.58. The van der Waals surface area contributed by atoms with Crippen molar-refractivity contribution in [3.05, 3.63) is 93.7 Å². The lowest BCUT2D eigenvalue weighted by atomic mass is 10.3. The smallest absolute Gasteiger partial charge is 0.278 e. The average Bonchev–Trinajstić information content (AvgIpc) is 3.09. The summed E-state index contributed by atoms with van der Waals surface area (Å²) in [4.78, 5) is 28.3. The van der Waals surface area contributed by atoms with Crippen molar-refractivity contribution in [2.24, 2.45) is 0 Å². The number of hydrogen-bond donors (Lipinski definition) is 2. The monoisotopic (exact) mass is 619 g/mol. The zero-order chi connectivity index (χ0) is 27.3. The summed E-state index contributed by atoms with van der Waals surface area (Å²) in [5.74, 6) is -1.45. The highest BCUT2D eigenvalue weighted by Gasteiger charge is 2.38. The fraction of sp³-hybridized carbons (Fsp3) is 0.154. The molecule has 3 aromatic rings. The quantitative estimate of drug-likeness (QED) is 0.224.